The van der Waals surface area contributed by atoms with Crippen LogP contribution >= 0.6 is 11.6 Å². The van der Waals surface area contributed by atoms with Gasteiger partial charge in [0.2, 0.25) is 0 Å². The van der Waals surface area contributed by atoms with Crippen LogP contribution in [0.1, 0.15) is 33.8 Å². The van der Waals surface area contributed by atoms with E-state index >= 15 is 0 Å². The highest BCUT2D eigenvalue weighted by Gasteiger charge is 2.22. The van der Waals surface area contributed by atoms with E-state index in [0.717, 1.165) is 32.6 Å². The number of carboxylic acid groups (broad SMARTS) is 1. The number of rotatable bonds is 6. The molecule has 9 heteroatoms. The average Bonchev–Trinajstić information content (AvgIpc) is 3.35. The summed E-state index contributed by atoms with van der Waals surface area (Å²) in [4.78, 5) is 28.3. The van der Waals surface area contributed by atoms with Crippen LogP contribution in [0.15, 0.2) is 72.8 Å². The largest absolute Gasteiger partial charge is 0.478 e. The van der Waals surface area contributed by atoms with E-state index in [9.17, 15) is 9.90 Å². The average molecular weight is 542 g/mol. The van der Waals surface area contributed by atoms with Crippen molar-refractivity contribution in [1.82, 2.24) is 15.0 Å². The molecule has 1 aliphatic heterocycles. The summed E-state index contributed by atoms with van der Waals surface area (Å²) in [6.45, 7) is 5.02. The zero-order valence-electron chi connectivity index (χ0n) is 21.5. The fourth-order valence-electron chi connectivity index (χ4n) is 5.10. The molecular formula is C30H28ClN5O3. The Morgan fingerprint density at radius 2 is 1.79 bits per heavy atom. The Labute approximate surface area is 231 Å². The first kappa shape index (κ1) is 25.0. The first-order valence-electron chi connectivity index (χ1n) is 13.0. The van der Waals surface area contributed by atoms with Crippen molar-refractivity contribution < 1.29 is 14.6 Å². The van der Waals surface area contributed by atoms with Crippen LogP contribution in [0.5, 0.6) is 11.8 Å². The highest BCUT2D eigenvalue weighted by Crippen LogP contribution is 2.32. The molecule has 0 amide bonds. The number of nitrogens with one attached hydrogen (secondary N) is 1. The molecule has 2 aromatic carbocycles. The number of pyridine rings is 1. The minimum absolute atomic E-state index is 0.181. The van der Waals surface area contributed by atoms with Gasteiger partial charge in [-0.25, -0.2) is 9.78 Å². The molecule has 2 aliphatic rings. The van der Waals surface area contributed by atoms with E-state index in [4.69, 9.17) is 21.3 Å². The second-order valence-electron chi connectivity index (χ2n) is 9.81. The lowest BCUT2D eigenvalue weighted by molar-refractivity contribution is 0.0695. The summed E-state index contributed by atoms with van der Waals surface area (Å²) in [6.07, 6.45) is 9.74. The molecule has 6 rings (SSSR count). The van der Waals surface area contributed by atoms with Gasteiger partial charge in [0.25, 0.3) is 0 Å². The van der Waals surface area contributed by atoms with Crippen molar-refractivity contribution in [3.63, 3.8) is 0 Å². The number of carboxylic acids is 1. The number of allylic oxidation sites excluding steroid dienone is 4. The van der Waals surface area contributed by atoms with E-state index in [1.165, 1.54) is 17.3 Å². The number of hydrogen-bond donors (Lipinski definition) is 2. The third kappa shape index (κ3) is 5.20. The summed E-state index contributed by atoms with van der Waals surface area (Å²) in [5.41, 5.74) is 4.53. The van der Waals surface area contributed by atoms with Gasteiger partial charge < -0.3 is 24.6 Å². The lowest BCUT2D eigenvalue weighted by atomic mass is 9.92. The SMILES string of the molecule is Cc1ccc(Oc2nc3nc(N4CCN(c5ccc(C6C=CC=CC6)cc5)CC4)c(Cl)cc3[nH]2)cc1C(=O)O. The summed E-state index contributed by atoms with van der Waals surface area (Å²) < 4.78 is 5.80. The first-order valence-corrected chi connectivity index (χ1v) is 13.3. The highest BCUT2D eigenvalue weighted by atomic mass is 35.5. The van der Waals surface area contributed by atoms with Crippen molar-refractivity contribution >= 4 is 40.2 Å². The van der Waals surface area contributed by atoms with Crippen molar-refractivity contribution in [3.8, 4) is 11.8 Å². The maximum absolute atomic E-state index is 11.5. The van der Waals surface area contributed by atoms with Crippen LogP contribution in [-0.2, 0) is 0 Å². The van der Waals surface area contributed by atoms with Gasteiger partial charge in [-0.1, -0.05) is 54.1 Å². The normalized spacial score (nSPS) is 17.1. The van der Waals surface area contributed by atoms with Gasteiger partial charge in [-0.2, -0.15) is 4.98 Å². The Balaban J connectivity index is 1.13. The molecule has 3 heterocycles. The number of H-pyrrole nitrogens is 1. The predicted molar refractivity (Wildman–Crippen MR) is 154 cm³/mol. The monoisotopic (exact) mass is 541 g/mol. The Hall–Kier alpha value is -4.30. The molecule has 1 saturated heterocycles. The van der Waals surface area contributed by atoms with Crippen molar-refractivity contribution in [2.75, 3.05) is 36.0 Å². The Morgan fingerprint density at radius 3 is 2.51 bits per heavy atom. The lowest BCUT2D eigenvalue weighted by Crippen LogP contribution is -2.47. The zero-order chi connectivity index (χ0) is 26.9. The fraction of sp³-hybridized carbons (Fsp3) is 0.233. The fourth-order valence-corrected chi connectivity index (χ4v) is 5.37. The number of anilines is 2. The molecule has 8 nitrogen and oxygen atoms in total. The van der Waals surface area contributed by atoms with Crippen LogP contribution in [0.2, 0.25) is 5.02 Å². The van der Waals surface area contributed by atoms with E-state index in [-0.39, 0.29) is 11.6 Å². The molecule has 1 unspecified atom stereocenters. The van der Waals surface area contributed by atoms with Gasteiger partial charge in [-0.15, -0.1) is 0 Å². The third-order valence-electron chi connectivity index (χ3n) is 7.29. The maximum atomic E-state index is 11.5. The number of aromatic amines is 1. The minimum Gasteiger partial charge on any atom is -0.478 e. The van der Waals surface area contributed by atoms with Crippen molar-refractivity contribution in [2.24, 2.45) is 0 Å². The Morgan fingerprint density at radius 1 is 1.03 bits per heavy atom. The second-order valence-corrected chi connectivity index (χ2v) is 10.2. The lowest BCUT2D eigenvalue weighted by Gasteiger charge is -2.37. The third-order valence-corrected chi connectivity index (χ3v) is 7.56. The van der Waals surface area contributed by atoms with Crippen LogP contribution < -0.4 is 14.5 Å². The quantitative estimate of drug-likeness (QED) is 0.294. The van der Waals surface area contributed by atoms with Crippen LogP contribution in [-0.4, -0.2) is 52.2 Å². The number of aromatic carboxylic acids is 1. The molecule has 0 bridgehead atoms. The van der Waals surface area contributed by atoms with Gasteiger partial charge in [0.1, 0.15) is 11.6 Å². The maximum Gasteiger partial charge on any atom is 0.336 e. The topological polar surface area (TPSA) is 94.6 Å². The van der Waals surface area contributed by atoms with E-state index < -0.39 is 5.97 Å². The van der Waals surface area contributed by atoms with Gasteiger partial charge in [-0.3, -0.25) is 0 Å². The minimum atomic E-state index is -1.01. The standard InChI is InChI=1S/C30H28ClN5O3/c1-19-7-12-23(17-24(19)29(37)38)39-30-32-26-18-25(31)28(33-27(26)34-30)36-15-13-35(14-16-36)22-10-8-21(9-11-22)20-5-3-2-4-6-20/h2-5,7-12,17-18,20H,6,13-16H2,1H3,(H,37,38)(H,32,33,34). The van der Waals surface area contributed by atoms with E-state index in [1.807, 2.05) is 0 Å². The van der Waals surface area contributed by atoms with Crippen LogP contribution in [0.25, 0.3) is 11.2 Å². The molecule has 0 saturated carbocycles. The molecule has 2 N–H and O–H groups in total. The summed E-state index contributed by atoms with van der Waals surface area (Å²) in [7, 11) is 0. The van der Waals surface area contributed by atoms with Crippen molar-refractivity contribution in [3.05, 3.63) is 94.5 Å². The van der Waals surface area contributed by atoms with Crippen molar-refractivity contribution in [1.29, 1.82) is 0 Å². The zero-order valence-corrected chi connectivity index (χ0v) is 22.2. The molecule has 1 aliphatic carbocycles. The number of aromatic nitrogens is 3. The molecule has 198 valence electrons. The Kier molecular flexibility index (Phi) is 6.70. The molecule has 0 radical (unpaired) electrons. The van der Waals surface area contributed by atoms with E-state index in [2.05, 4.69) is 68.3 Å². The first-order chi connectivity index (χ1) is 18.9. The molecule has 1 atom stereocenters. The molecule has 4 aromatic rings. The van der Waals surface area contributed by atoms with E-state index in [1.54, 1.807) is 25.1 Å². The van der Waals surface area contributed by atoms with Gasteiger partial charge in [-0.05, 0) is 54.8 Å². The van der Waals surface area contributed by atoms with Crippen molar-refractivity contribution in [2.45, 2.75) is 19.3 Å². The summed E-state index contributed by atoms with van der Waals surface area (Å²) in [5.74, 6) is 0.515. The number of nitrogens with zero attached hydrogens (tertiary/aromatic N) is 4. The molecular weight excluding hydrogens is 514 g/mol. The summed E-state index contributed by atoms with van der Waals surface area (Å²) >= 11 is 6.64. The van der Waals surface area contributed by atoms with Crippen LogP contribution in [0.4, 0.5) is 11.5 Å². The molecule has 1 fully saturated rings. The number of aryl methyl sites for hydroxylation is 1. The number of ether oxygens (including phenoxy) is 1. The number of halogens is 1. The number of benzene rings is 2. The number of carbonyl (C=O) groups is 1. The number of hydrogen-bond acceptors (Lipinski definition) is 6. The van der Waals surface area contributed by atoms with Crippen LogP contribution in [0, 0.1) is 6.92 Å². The van der Waals surface area contributed by atoms with Crippen LogP contribution in [0.3, 0.4) is 0 Å². The number of fused-ring (bicyclic) bond motifs is 1. The number of imidazole rings is 1. The molecule has 2 aromatic heterocycles. The second kappa shape index (κ2) is 10.5. The predicted octanol–water partition coefficient (Wildman–Crippen LogP) is 6.34. The number of piperazine rings is 1. The van der Waals surface area contributed by atoms with Gasteiger partial charge in [0, 0.05) is 37.8 Å². The van der Waals surface area contributed by atoms with E-state index in [0.29, 0.717) is 39.2 Å². The highest BCUT2D eigenvalue weighted by molar-refractivity contribution is 6.33. The summed E-state index contributed by atoms with van der Waals surface area (Å²) in [5, 5.41) is 9.92. The molecule has 39 heavy (non-hydrogen) atoms. The smallest absolute Gasteiger partial charge is 0.336 e. The van der Waals surface area contributed by atoms with Gasteiger partial charge >= 0.3 is 12.0 Å². The van der Waals surface area contributed by atoms with Gasteiger partial charge in [0.05, 0.1) is 16.1 Å². The summed E-state index contributed by atoms with van der Waals surface area (Å²) in [6, 6.07) is 15.8. The van der Waals surface area contributed by atoms with Gasteiger partial charge in [0.15, 0.2) is 5.65 Å². The Bertz CT molecular complexity index is 1590. The molecule has 0 spiro atoms.